The van der Waals surface area contributed by atoms with Gasteiger partial charge in [0.25, 0.3) is 0 Å². The lowest BCUT2D eigenvalue weighted by atomic mass is 10.0. The highest BCUT2D eigenvalue weighted by Gasteiger charge is 2.30. The first kappa shape index (κ1) is 92.1. The first-order valence-corrected chi connectivity index (χ1v) is 42.0. The van der Waals surface area contributed by atoms with Crippen LogP contribution in [0, 0.1) is 11.8 Å². The molecule has 0 aromatic heterocycles. The summed E-state index contributed by atoms with van der Waals surface area (Å²) in [6, 6.07) is 0. The molecule has 0 saturated carbocycles. The number of esters is 4. The molecule has 0 aromatic carbocycles. The van der Waals surface area contributed by atoms with Crippen LogP contribution in [0.2, 0.25) is 0 Å². The van der Waals surface area contributed by atoms with E-state index in [9.17, 15) is 43.2 Å². The van der Waals surface area contributed by atoms with Crippen molar-refractivity contribution < 1.29 is 80.2 Å². The maximum Gasteiger partial charge on any atom is 0.472 e. The van der Waals surface area contributed by atoms with Gasteiger partial charge in [0.2, 0.25) is 0 Å². The van der Waals surface area contributed by atoms with Crippen molar-refractivity contribution in [2.75, 3.05) is 39.6 Å². The molecule has 3 N–H and O–H groups in total. The Morgan fingerprint density at radius 3 is 0.723 bits per heavy atom. The van der Waals surface area contributed by atoms with Crippen LogP contribution in [-0.2, 0) is 65.4 Å². The van der Waals surface area contributed by atoms with Crippen LogP contribution in [0.4, 0.5) is 0 Å². The normalized spacial score (nSPS) is 14.0. The highest BCUT2D eigenvalue weighted by atomic mass is 31.2. The Balaban J connectivity index is 5.17. The molecule has 0 bridgehead atoms. The lowest BCUT2D eigenvalue weighted by Gasteiger charge is -2.21. The van der Waals surface area contributed by atoms with Gasteiger partial charge in [-0.3, -0.25) is 37.3 Å². The molecule has 558 valence electrons. The van der Waals surface area contributed by atoms with Crippen LogP contribution >= 0.6 is 15.6 Å². The van der Waals surface area contributed by atoms with Gasteiger partial charge >= 0.3 is 39.5 Å². The van der Waals surface area contributed by atoms with Gasteiger partial charge in [0.15, 0.2) is 12.2 Å². The smallest absolute Gasteiger partial charge is 0.462 e. The number of aliphatic hydroxyl groups excluding tert-OH is 1. The molecule has 0 aliphatic heterocycles. The van der Waals surface area contributed by atoms with E-state index < -0.39 is 97.5 Å². The number of aliphatic hydroxyl groups is 1. The van der Waals surface area contributed by atoms with Gasteiger partial charge in [0.05, 0.1) is 26.4 Å². The summed E-state index contributed by atoms with van der Waals surface area (Å²) in [4.78, 5) is 72.6. The van der Waals surface area contributed by atoms with Crippen molar-refractivity contribution in [2.24, 2.45) is 11.8 Å². The number of unbranched alkanes of at least 4 members (excludes halogenated alkanes) is 44. The summed E-state index contributed by atoms with van der Waals surface area (Å²) in [5.41, 5.74) is 0. The molecule has 0 radical (unpaired) electrons. The molecule has 0 amide bonds. The molecule has 94 heavy (non-hydrogen) atoms. The van der Waals surface area contributed by atoms with E-state index >= 15 is 0 Å². The van der Waals surface area contributed by atoms with E-state index in [2.05, 4.69) is 41.5 Å². The Morgan fingerprint density at radius 1 is 0.287 bits per heavy atom. The highest BCUT2D eigenvalue weighted by molar-refractivity contribution is 7.47. The summed E-state index contributed by atoms with van der Waals surface area (Å²) >= 11 is 0. The van der Waals surface area contributed by atoms with Crippen LogP contribution in [0.15, 0.2) is 0 Å². The molecule has 2 unspecified atom stereocenters. The predicted octanol–water partition coefficient (Wildman–Crippen LogP) is 21.9. The standard InChI is InChI=1S/C75H146O17P2/c1-7-9-11-13-15-17-18-19-20-21-22-23-24-25-30-33-36-40-47-53-59-74(79)91-70(63-86-73(78)58-52-46-39-35-32-29-27-26-28-31-34-37-43-49-55-67(3)4)65-89-93(81,82)87-61-69(76)62-88-94(83,84)90-66-71(64-85-72(77)57-51-45-38-16-14-12-10-8-2)92-75(80)60-54-48-42-41-44-50-56-68(5)6/h67-71,76H,7-66H2,1-6H3,(H,81,82)(H,83,84)/t69-,70-,71-/m1/s1. The van der Waals surface area contributed by atoms with Gasteiger partial charge in [-0.25, -0.2) is 9.13 Å². The first-order valence-electron chi connectivity index (χ1n) is 39.0. The molecule has 19 heteroatoms. The van der Waals surface area contributed by atoms with Crippen LogP contribution in [-0.4, -0.2) is 96.7 Å². The zero-order chi connectivity index (χ0) is 69.3. The quantitative estimate of drug-likeness (QED) is 0.0222. The Labute approximate surface area is 575 Å². The van der Waals surface area contributed by atoms with E-state index in [4.69, 9.17) is 37.0 Å². The summed E-state index contributed by atoms with van der Waals surface area (Å²) < 4.78 is 68.3. The van der Waals surface area contributed by atoms with Crippen molar-refractivity contribution in [1.29, 1.82) is 0 Å². The van der Waals surface area contributed by atoms with E-state index in [-0.39, 0.29) is 25.7 Å². The van der Waals surface area contributed by atoms with Gasteiger partial charge < -0.3 is 33.8 Å². The van der Waals surface area contributed by atoms with Gasteiger partial charge in [-0.1, -0.05) is 337 Å². The monoisotopic (exact) mass is 1380 g/mol. The van der Waals surface area contributed by atoms with Gasteiger partial charge in [-0.05, 0) is 37.5 Å². The predicted molar refractivity (Wildman–Crippen MR) is 381 cm³/mol. The third-order valence-electron chi connectivity index (χ3n) is 17.5. The third kappa shape index (κ3) is 68.6. The Bertz CT molecular complexity index is 1820. The van der Waals surface area contributed by atoms with E-state index in [0.717, 1.165) is 102 Å². The summed E-state index contributed by atoms with van der Waals surface area (Å²) in [6.07, 6.45) is 54.5. The largest absolute Gasteiger partial charge is 0.472 e. The second-order valence-electron chi connectivity index (χ2n) is 28.0. The SMILES string of the molecule is CCCCCCCCCCCCCCCCCCCCCCC(=O)O[C@H](COC(=O)CCCCCCCCCCCCCCCCC(C)C)COP(=O)(O)OC[C@@H](O)COP(=O)(O)OC[C@@H](COC(=O)CCCCCCCCCC)OC(=O)CCCCCCCCC(C)C. The van der Waals surface area contributed by atoms with Crippen molar-refractivity contribution in [3.05, 3.63) is 0 Å². The molecule has 0 saturated heterocycles. The van der Waals surface area contributed by atoms with Crippen LogP contribution in [0.1, 0.15) is 388 Å². The maximum absolute atomic E-state index is 13.1. The Kier molecular flexibility index (Phi) is 65.5. The highest BCUT2D eigenvalue weighted by Crippen LogP contribution is 2.45. The van der Waals surface area contributed by atoms with Crippen molar-refractivity contribution in [3.63, 3.8) is 0 Å². The average Bonchev–Trinajstić information content (AvgIpc) is 1.44. The molecule has 0 rings (SSSR count). The van der Waals surface area contributed by atoms with E-state index in [0.29, 0.717) is 31.6 Å². The zero-order valence-electron chi connectivity index (χ0n) is 61.3. The number of hydrogen-bond acceptors (Lipinski definition) is 15. The second-order valence-corrected chi connectivity index (χ2v) is 30.9. The number of ether oxygens (including phenoxy) is 4. The van der Waals surface area contributed by atoms with E-state index in [1.807, 2.05) is 0 Å². The molecule has 0 aliphatic rings. The lowest BCUT2D eigenvalue weighted by Crippen LogP contribution is -2.30. The third-order valence-corrected chi connectivity index (χ3v) is 19.4. The maximum atomic E-state index is 13.1. The van der Waals surface area contributed by atoms with Crippen molar-refractivity contribution >= 4 is 39.5 Å². The summed E-state index contributed by atoms with van der Waals surface area (Å²) in [5.74, 6) is -0.656. The number of rotatable bonds is 74. The molecule has 0 heterocycles. The van der Waals surface area contributed by atoms with Crippen LogP contribution in [0.25, 0.3) is 0 Å². The number of carbonyl (C=O) groups excluding carboxylic acids is 4. The zero-order valence-corrected chi connectivity index (χ0v) is 63.1. The molecular formula is C75H146O17P2. The minimum Gasteiger partial charge on any atom is -0.462 e. The number of hydrogen-bond donors (Lipinski definition) is 3. The average molecular weight is 1380 g/mol. The Hall–Kier alpha value is -1.94. The molecule has 5 atom stereocenters. The van der Waals surface area contributed by atoms with Crippen molar-refractivity contribution in [2.45, 2.75) is 407 Å². The van der Waals surface area contributed by atoms with Gasteiger partial charge in [-0.15, -0.1) is 0 Å². The van der Waals surface area contributed by atoms with Gasteiger partial charge in [0.1, 0.15) is 19.3 Å². The van der Waals surface area contributed by atoms with Crippen LogP contribution in [0.3, 0.4) is 0 Å². The summed E-state index contributed by atoms with van der Waals surface area (Å²) in [7, 11) is -9.90. The summed E-state index contributed by atoms with van der Waals surface area (Å²) in [5, 5.41) is 10.6. The first-order chi connectivity index (χ1) is 45.4. The van der Waals surface area contributed by atoms with Crippen LogP contribution < -0.4 is 0 Å². The summed E-state index contributed by atoms with van der Waals surface area (Å²) in [6.45, 7) is 9.49. The molecule has 0 aliphatic carbocycles. The van der Waals surface area contributed by atoms with Gasteiger partial charge in [-0.2, -0.15) is 0 Å². The minimum absolute atomic E-state index is 0.102. The van der Waals surface area contributed by atoms with Crippen molar-refractivity contribution in [1.82, 2.24) is 0 Å². The fourth-order valence-electron chi connectivity index (χ4n) is 11.5. The topological polar surface area (TPSA) is 237 Å². The van der Waals surface area contributed by atoms with Crippen molar-refractivity contribution in [3.8, 4) is 0 Å². The molecule has 0 fully saturated rings. The molecule has 0 aromatic rings. The lowest BCUT2D eigenvalue weighted by molar-refractivity contribution is -0.161. The molecule has 17 nitrogen and oxygen atoms in total. The number of phosphoric ester groups is 2. The number of carbonyl (C=O) groups is 4. The van der Waals surface area contributed by atoms with Crippen LogP contribution in [0.5, 0.6) is 0 Å². The van der Waals surface area contributed by atoms with Gasteiger partial charge in [0, 0.05) is 25.7 Å². The fraction of sp³-hybridized carbons (Fsp3) is 0.947. The minimum atomic E-state index is -4.96. The van der Waals surface area contributed by atoms with E-state index in [1.54, 1.807) is 0 Å². The second kappa shape index (κ2) is 66.9. The fourth-order valence-corrected chi connectivity index (χ4v) is 13.1. The molecule has 0 spiro atoms. The number of phosphoric acid groups is 2. The van der Waals surface area contributed by atoms with E-state index in [1.165, 1.54) is 199 Å². The molecular weight excluding hydrogens is 1230 g/mol. The Morgan fingerprint density at radius 2 is 0.489 bits per heavy atom.